The molecule has 1 unspecified atom stereocenters. The van der Waals surface area contributed by atoms with Gasteiger partial charge in [0.15, 0.2) is 4.34 Å². The summed E-state index contributed by atoms with van der Waals surface area (Å²) in [5.41, 5.74) is 2.18. The number of amides is 2. The number of nitrogens with zero attached hydrogens (tertiary/aromatic N) is 4. The first-order valence-corrected chi connectivity index (χ1v) is 12.8. The van der Waals surface area contributed by atoms with Crippen LogP contribution >= 0.6 is 35.3 Å². The van der Waals surface area contributed by atoms with E-state index in [-0.39, 0.29) is 11.2 Å². The van der Waals surface area contributed by atoms with Gasteiger partial charge in [-0.3, -0.25) is 0 Å². The van der Waals surface area contributed by atoms with Crippen LogP contribution < -0.4 is 10.2 Å². The fourth-order valence-corrected chi connectivity index (χ4v) is 5.26. The lowest BCUT2D eigenvalue weighted by Gasteiger charge is -2.21. The molecule has 2 amide bonds. The SMILES string of the molecule is CCCCCCc1ccc(NC(=S)OC2CN(C)C(=O)N2c2nnc(SCC)s2)cc1. The summed E-state index contributed by atoms with van der Waals surface area (Å²) < 4.78 is 6.76. The van der Waals surface area contributed by atoms with Crippen LogP contribution in [0.2, 0.25) is 0 Å². The second kappa shape index (κ2) is 11.6. The summed E-state index contributed by atoms with van der Waals surface area (Å²) in [5.74, 6) is 0.897. The van der Waals surface area contributed by atoms with Crippen molar-refractivity contribution in [2.45, 2.75) is 56.5 Å². The number of nitrogens with one attached hydrogen (secondary N) is 1. The highest BCUT2D eigenvalue weighted by molar-refractivity contribution is 8.01. The van der Waals surface area contributed by atoms with E-state index in [0.29, 0.717) is 11.7 Å². The van der Waals surface area contributed by atoms with Crippen LogP contribution in [0.15, 0.2) is 28.6 Å². The molecule has 0 saturated carbocycles. The highest BCUT2D eigenvalue weighted by atomic mass is 32.2. The summed E-state index contributed by atoms with van der Waals surface area (Å²) >= 11 is 8.38. The number of thioether (sulfide) groups is 1. The van der Waals surface area contributed by atoms with E-state index >= 15 is 0 Å². The number of unbranched alkanes of at least 4 members (excludes halogenated alkanes) is 3. The van der Waals surface area contributed by atoms with Crippen LogP contribution in [0.1, 0.15) is 45.1 Å². The third kappa shape index (κ3) is 6.54. The van der Waals surface area contributed by atoms with Gasteiger partial charge in [-0.15, -0.1) is 10.2 Å². The molecule has 0 radical (unpaired) electrons. The number of aromatic nitrogens is 2. The number of thiocarbonyl (C=S) groups is 1. The molecule has 1 fully saturated rings. The van der Waals surface area contributed by atoms with Gasteiger partial charge in [-0.05, 0) is 48.5 Å². The molecule has 1 aliphatic rings. The van der Waals surface area contributed by atoms with Crippen molar-refractivity contribution in [3.05, 3.63) is 29.8 Å². The van der Waals surface area contributed by atoms with Gasteiger partial charge in [0.25, 0.3) is 5.17 Å². The predicted molar refractivity (Wildman–Crippen MR) is 132 cm³/mol. The molecule has 3 rings (SSSR count). The first kappa shape index (κ1) is 23.7. The van der Waals surface area contributed by atoms with Crippen molar-refractivity contribution in [3.63, 3.8) is 0 Å². The van der Waals surface area contributed by atoms with Gasteiger partial charge in [-0.1, -0.05) is 68.3 Å². The van der Waals surface area contributed by atoms with E-state index in [1.54, 1.807) is 23.7 Å². The van der Waals surface area contributed by atoms with Gasteiger partial charge in [0.05, 0.1) is 6.54 Å². The van der Waals surface area contributed by atoms with Crippen molar-refractivity contribution in [1.29, 1.82) is 0 Å². The molecule has 10 heteroatoms. The van der Waals surface area contributed by atoms with E-state index in [1.807, 2.05) is 12.1 Å². The zero-order chi connectivity index (χ0) is 22.2. The lowest BCUT2D eigenvalue weighted by molar-refractivity contribution is 0.201. The molecule has 7 nitrogen and oxygen atoms in total. The fourth-order valence-electron chi connectivity index (χ4n) is 3.26. The molecule has 1 aromatic carbocycles. The molecular formula is C21H29N5O2S3. The maximum absolute atomic E-state index is 12.6. The van der Waals surface area contributed by atoms with Crippen molar-refractivity contribution in [3.8, 4) is 0 Å². The zero-order valence-electron chi connectivity index (χ0n) is 18.2. The summed E-state index contributed by atoms with van der Waals surface area (Å²) in [6, 6.07) is 8.07. The summed E-state index contributed by atoms with van der Waals surface area (Å²) in [6.45, 7) is 4.67. The first-order chi connectivity index (χ1) is 15.0. The minimum absolute atomic E-state index is 0.176. The average Bonchev–Trinajstić information content (AvgIpc) is 3.31. The molecule has 31 heavy (non-hydrogen) atoms. The van der Waals surface area contributed by atoms with Crippen LogP contribution in [-0.4, -0.2) is 51.9 Å². The highest BCUT2D eigenvalue weighted by Crippen LogP contribution is 2.32. The van der Waals surface area contributed by atoms with Crippen molar-refractivity contribution >= 4 is 57.3 Å². The third-order valence-corrected chi connectivity index (χ3v) is 7.02. The van der Waals surface area contributed by atoms with Gasteiger partial charge < -0.3 is 15.0 Å². The van der Waals surface area contributed by atoms with Crippen molar-refractivity contribution in [1.82, 2.24) is 15.1 Å². The Hall–Kier alpha value is -1.91. The van der Waals surface area contributed by atoms with Gasteiger partial charge in [-0.2, -0.15) is 0 Å². The van der Waals surface area contributed by atoms with E-state index in [0.717, 1.165) is 22.2 Å². The minimum atomic E-state index is -0.553. The van der Waals surface area contributed by atoms with Crippen molar-refractivity contribution < 1.29 is 9.53 Å². The summed E-state index contributed by atoms with van der Waals surface area (Å²) in [4.78, 5) is 15.7. The molecule has 1 saturated heterocycles. The third-order valence-electron chi connectivity index (χ3n) is 4.88. The fraction of sp³-hybridized carbons (Fsp3) is 0.524. The number of ether oxygens (including phenoxy) is 1. The number of rotatable bonds is 10. The molecule has 0 spiro atoms. The molecule has 168 valence electrons. The van der Waals surface area contributed by atoms with E-state index < -0.39 is 6.23 Å². The summed E-state index contributed by atoms with van der Waals surface area (Å²) in [5, 5.41) is 12.2. The van der Waals surface area contributed by atoms with Gasteiger partial charge >= 0.3 is 6.03 Å². The Kier molecular flexibility index (Phi) is 8.91. The predicted octanol–water partition coefficient (Wildman–Crippen LogP) is 5.38. The van der Waals surface area contributed by atoms with Crippen LogP contribution in [0.3, 0.4) is 0 Å². The van der Waals surface area contributed by atoms with Crippen LogP contribution in [0.5, 0.6) is 0 Å². The van der Waals surface area contributed by atoms with Gasteiger partial charge in [0.2, 0.25) is 11.4 Å². The topological polar surface area (TPSA) is 70.6 Å². The zero-order valence-corrected chi connectivity index (χ0v) is 20.6. The molecule has 1 atom stereocenters. The maximum Gasteiger partial charge on any atom is 0.329 e. The number of aryl methyl sites for hydroxylation is 1. The van der Waals surface area contributed by atoms with Crippen LogP contribution in [0.25, 0.3) is 0 Å². The van der Waals surface area contributed by atoms with Gasteiger partial charge in [0.1, 0.15) is 0 Å². The molecule has 1 aromatic heterocycles. The van der Waals surface area contributed by atoms with E-state index in [1.165, 1.54) is 47.5 Å². The first-order valence-electron chi connectivity index (χ1n) is 10.6. The summed E-state index contributed by atoms with van der Waals surface area (Å²) in [6.07, 6.45) is 5.56. The molecule has 2 heterocycles. The Morgan fingerprint density at radius 2 is 2.03 bits per heavy atom. The maximum atomic E-state index is 12.6. The van der Waals surface area contributed by atoms with Gasteiger partial charge in [0, 0.05) is 12.7 Å². The van der Waals surface area contributed by atoms with E-state index in [9.17, 15) is 4.79 Å². The van der Waals surface area contributed by atoms with Crippen LogP contribution in [0.4, 0.5) is 15.6 Å². The highest BCUT2D eigenvalue weighted by Gasteiger charge is 2.40. The Balaban J connectivity index is 1.57. The number of carbonyl (C=O) groups excluding carboxylic acids is 1. The van der Waals surface area contributed by atoms with Crippen LogP contribution in [0, 0.1) is 0 Å². The second-order valence-corrected chi connectivity index (χ2v) is 10.1. The largest absolute Gasteiger partial charge is 0.444 e. The molecule has 1 aliphatic heterocycles. The average molecular weight is 480 g/mol. The molecule has 1 N–H and O–H groups in total. The number of likely N-dealkylation sites (N-methyl/N-ethyl adjacent to an activating group) is 1. The lowest BCUT2D eigenvalue weighted by atomic mass is 10.1. The number of anilines is 2. The van der Waals surface area contributed by atoms with Gasteiger partial charge in [-0.25, -0.2) is 9.69 Å². The standard InChI is InChI=1S/C21H29N5O2S3/c1-4-6-7-8-9-15-10-12-16(13-11-15)22-19(29)28-17-14-25(3)21(27)26(17)18-23-24-20(31-18)30-5-2/h10-13,17H,4-9,14H2,1-3H3,(H,22,29). The minimum Gasteiger partial charge on any atom is -0.444 e. The molecule has 2 aromatic rings. The molecular weight excluding hydrogens is 450 g/mol. The smallest absolute Gasteiger partial charge is 0.329 e. The Labute approximate surface area is 197 Å². The van der Waals surface area contributed by atoms with Crippen molar-refractivity contribution in [2.75, 3.05) is 29.6 Å². The van der Waals surface area contributed by atoms with E-state index in [4.69, 9.17) is 17.0 Å². The van der Waals surface area contributed by atoms with Crippen LogP contribution in [-0.2, 0) is 11.2 Å². The number of hydrogen-bond acceptors (Lipinski definition) is 7. The van der Waals surface area contributed by atoms with E-state index in [2.05, 4.69) is 41.5 Å². The molecule has 0 bridgehead atoms. The quantitative estimate of drug-likeness (QED) is 0.212. The number of carbonyl (C=O) groups is 1. The Bertz CT molecular complexity index is 874. The summed E-state index contributed by atoms with van der Waals surface area (Å²) in [7, 11) is 1.73. The monoisotopic (exact) mass is 479 g/mol. The number of hydrogen-bond donors (Lipinski definition) is 1. The Morgan fingerprint density at radius 1 is 1.26 bits per heavy atom. The lowest BCUT2D eigenvalue weighted by Crippen LogP contribution is -2.38. The number of benzene rings is 1. The number of urea groups is 1. The molecule has 0 aliphatic carbocycles. The Morgan fingerprint density at radius 3 is 2.74 bits per heavy atom. The second-order valence-electron chi connectivity index (χ2n) is 7.31. The normalized spacial score (nSPS) is 16.1. The van der Waals surface area contributed by atoms with Crippen molar-refractivity contribution in [2.24, 2.45) is 0 Å².